The molecule has 0 saturated carbocycles. The molecule has 1 aromatic carbocycles. The molecular formula is C15H17N5O. The summed E-state index contributed by atoms with van der Waals surface area (Å²) in [5, 5.41) is 13.9. The molecule has 0 aliphatic rings. The molecule has 2 heterocycles. The van der Waals surface area contributed by atoms with E-state index in [-0.39, 0.29) is 0 Å². The highest BCUT2D eigenvalue weighted by Crippen LogP contribution is 2.22. The van der Waals surface area contributed by atoms with Crippen LogP contribution in [0.15, 0.2) is 42.9 Å². The maximum Gasteiger partial charge on any atom is 0.234 e. The first kappa shape index (κ1) is 13.5. The van der Waals surface area contributed by atoms with Gasteiger partial charge in [-0.2, -0.15) is 9.61 Å². The van der Waals surface area contributed by atoms with Gasteiger partial charge in [-0.1, -0.05) is 18.2 Å². The minimum Gasteiger partial charge on any atom is -0.393 e. The van der Waals surface area contributed by atoms with E-state index in [2.05, 4.69) is 15.1 Å². The second-order valence-electron chi connectivity index (χ2n) is 5.03. The van der Waals surface area contributed by atoms with Gasteiger partial charge in [0.15, 0.2) is 5.65 Å². The van der Waals surface area contributed by atoms with E-state index in [4.69, 9.17) is 0 Å². The second kappa shape index (κ2) is 5.49. The topological polar surface area (TPSA) is 66.6 Å². The van der Waals surface area contributed by atoms with Crippen LogP contribution < -0.4 is 4.90 Å². The molecule has 0 bridgehead atoms. The van der Waals surface area contributed by atoms with Crippen LogP contribution >= 0.6 is 0 Å². The summed E-state index contributed by atoms with van der Waals surface area (Å²) in [6.45, 7) is 1.75. The van der Waals surface area contributed by atoms with E-state index in [0.717, 1.165) is 16.9 Å². The third-order valence-electron chi connectivity index (χ3n) is 3.32. The van der Waals surface area contributed by atoms with Crippen LogP contribution in [0.4, 0.5) is 11.6 Å². The fraction of sp³-hybridized carbons (Fsp3) is 0.267. The zero-order chi connectivity index (χ0) is 14.8. The molecule has 0 aliphatic carbocycles. The minimum atomic E-state index is -0.428. The average molecular weight is 283 g/mol. The number of benzene rings is 1. The maximum absolute atomic E-state index is 9.55. The Morgan fingerprint density at radius 1 is 1.24 bits per heavy atom. The van der Waals surface area contributed by atoms with Crippen molar-refractivity contribution in [3.8, 4) is 0 Å². The summed E-state index contributed by atoms with van der Waals surface area (Å²) in [5.41, 5.74) is 2.66. The number of aliphatic hydroxyl groups is 1. The molecule has 108 valence electrons. The number of hydrogen-bond acceptors (Lipinski definition) is 5. The van der Waals surface area contributed by atoms with Gasteiger partial charge in [0.1, 0.15) is 6.33 Å². The third kappa shape index (κ3) is 2.57. The summed E-state index contributed by atoms with van der Waals surface area (Å²) >= 11 is 0. The van der Waals surface area contributed by atoms with E-state index in [1.54, 1.807) is 17.6 Å². The summed E-state index contributed by atoms with van der Waals surface area (Å²) in [7, 11) is 1.94. The van der Waals surface area contributed by atoms with Crippen LogP contribution in [0, 0.1) is 0 Å². The first-order valence-corrected chi connectivity index (χ1v) is 6.81. The van der Waals surface area contributed by atoms with Crippen LogP contribution in [0.5, 0.6) is 0 Å². The lowest BCUT2D eigenvalue weighted by atomic mass is 10.2. The van der Waals surface area contributed by atoms with Crippen molar-refractivity contribution in [3.63, 3.8) is 0 Å². The molecule has 1 N–H and O–H groups in total. The van der Waals surface area contributed by atoms with Crippen molar-refractivity contribution >= 4 is 17.3 Å². The van der Waals surface area contributed by atoms with E-state index in [1.807, 2.05) is 42.3 Å². The quantitative estimate of drug-likeness (QED) is 0.791. The highest BCUT2D eigenvalue weighted by molar-refractivity contribution is 5.59. The number of anilines is 2. The van der Waals surface area contributed by atoms with E-state index in [1.165, 1.54) is 6.33 Å². The highest BCUT2D eigenvalue weighted by atomic mass is 16.3. The van der Waals surface area contributed by atoms with Crippen molar-refractivity contribution in [1.82, 2.24) is 19.6 Å². The van der Waals surface area contributed by atoms with Gasteiger partial charge in [-0.05, 0) is 19.1 Å². The van der Waals surface area contributed by atoms with Crippen LogP contribution in [-0.4, -0.2) is 37.8 Å². The van der Waals surface area contributed by atoms with Gasteiger partial charge in [-0.25, -0.2) is 9.97 Å². The molecule has 6 nitrogen and oxygen atoms in total. The summed E-state index contributed by atoms with van der Waals surface area (Å²) < 4.78 is 1.70. The van der Waals surface area contributed by atoms with Crippen molar-refractivity contribution in [2.45, 2.75) is 19.4 Å². The number of aromatic nitrogens is 4. The number of rotatable bonds is 4. The first-order valence-electron chi connectivity index (χ1n) is 6.81. The second-order valence-corrected chi connectivity index (χ2v) is 5.03. The Hall–Kier alpha value is -2.47. The molecule has 1 atom stereocenters. The van der Waals surface area contributed by atoms with E-state index >= 15 is 0 Å². The van der Waals surface area contributed by atoms with Crippen LogP contribution in [-0.2, 0) is 6.42 Å². The SMILES string of the molecule is CC(O)Cc1cnn2c(N(C)c3ccccc3)ncnc12. The smallest absolute Gasteiger partial charge is 0.234 e. The van der Waals surface area contributed by atoms with Crippen molar-refractivity contribution < 1.29 is 5.11 Å². The van der Waals surface area contributed by atoms with Crippen molar-refractivity contribution in [3.05, 3.63) is 48.4 Å². The molecule has 21 heavy (non-hydrogen) atoms. The predicted octanol–water partition coefficient (Wildman–Crippen LogP) is 1.82. The zero-order valence-corrected chi connectivity index (χ0v) is 12.0. The summed E-state index contributed by atoms with van der Waals surface area (Å²) in [6.07, 6.45) is 3.36. The highest BCUT2D eigenvalue weighted by Gasteiger charge is 2.14. The predicted molar refractivity (Wildman–Crippen MR) is 80.7 cm³/mol. The normalized spacial score (nSPS) is 12.5. The molecule has 1 unspecified atom stereocenters. The Kier molecular flexibility index (Phi) is 3.53. The Morgan fingerprint density at radius 2 is 2.00 bits per heavy atom. The summed E-state index contributed by atoms with van der Waals surface area (Å²) in [4.78, 5) is 10.6. The number of aliphatic hydroxyl groups excluding tert-OH is 1. The van der Waals surface area contributed by atoms with Crippen LogP contribution in [0.2, 0.25) is 0 Å². The maximum atomic E-state index is 9.55. The van der Waals surface area contributed by atoms with Gasteiger partial charge < -0.3 is 10.0 Å². The lowest BCUT2D eigenvalue weighted by Crippen LogP contribution is -2.16. The van der Waals surface area contributed by atoms with Crippen LogP contribution in [0.25, 0.3) is 5.65 Å². The zero-order valence-electron chi connectivity index (χ0n) is 12.0. The van der Waals surface area contributed by atoms with Crippen molar-refractivity contribution in [2.75, 3.05) is 11.9 Å². The van der Waals surface area contributed by atoms with Crippen LogP contribution in [0.1, 0.15) is 12.5 Å². The van der Waals surface area contributed by atoms with Gasteiger partial charge in [-0.15, -0.1) is 0 Å². The monoisotopic (exact) mass is 283 g/mol. The molecule has 0 aliphatic heterocycles. The van der Waals surface area contributed by atoms with Crippen molar-refractivity contribution in [1.29, 1.82) is 0 Å². The van der Waals surface area contributed by atoms with Crippen molar-refractivity contribution in [2.24, 2.45) is 0 Å². The lowest BCUT2D eigenvalue weighted by Gasteiger charge is -2.18. The lowest BCUT2D eigenvalue weighted by molar-refractivity contribution is 0.196. The Morgan fingerprint density at radius 3 is 2.71 bits per heavy atom. The standard InChI is InChI=1S/C15H17N5O/c1-11(21)8-12-9-18-20-14(12)16-10-17-15(20)19(2)13-6-4-3-5-7-13/h3-7,9-11,21H,8H2,1-2H3. The Balaban J connectivity index is 2.05. The molecule has 0 saturated heterocycles. The van der Waals surface area contributed by atoms with Gasteiger partial charge >= 0.3 is 0 Å². The average Bonchev–Trinajstić information content (AvgIpc) is 2.90. The number of nitrogens with zero attached hydrogens (tertiary/aromatic N) is 5. The van der Waals surface area contributed by atoms with E-state index in [9.17, 15) is 5.11 Å². The van der Waals surface area contributed by atoms with Crippen LogP contribution in [0.3, 0.4) is 0 Å². The first-order chi connectivity index (χ1) is 10.2. The molecular weight excluding hydrogens is 266 g/mol. The number of para-hydroxylation sites is 1. The largest absolute Gasteiger partial charge is 0.393 e. The van der Waals surface area contributed by atoms with Gasteiger partial charge in [0, 0.05) is 24.7 Å². The van der Waals surface area contributed by atoms with Gasteiger partial charge in [0.05, 0.1) is 12.3 Å². The number of fused-ring (bicyclic) bond motifs is 1. The molecule has 0 fully saturated rings. The molecule has 2 aromatic heterocycles. The van der Waals surface area contributed by atoms with Gasteiger partial charge in [0.25, 0.3) is 0 Å². The Bertz CT molecular complexity index is 738. The summed E-state index contributed by atoms with van der Waals surface area (Å²) in [6, 6.07) is 9.95. The Labute approximate surface area is 122 Å². The third-order valence-corrected chi connectivity index (χ3v) is 3.32. The minimum absolute atomic E-state index is 0.428. The fourth-order valence-electron chi connectivity index (χ4n) is 2.31. The molecule has 6 heteroatoms. The molecule has 0 spiro atoms. The van der Waals surface area contributed by atoms with Gasteiger partial charge in [0.2, 0.25) is 5.95 Å². The molecule has 0 amide bonds. The van der Waals surface area contributed by atoms with E-state index < -0.39 is 6.10 Å². The molecule has 3 aromatic rings. The molecule has 3 rings (SSSR count). The fourth-order valence-corrected chi connectivity index (χ4v) is 2.31. The van der Waals surface area contributed by atoms with E-state index in [0.29, 0.717) is 12.4 Å². The summed E-state index contributed by atoms with van der Waals surface area (Å²) in [5.74, 6) is 0.683. The number of hydrogen-bond donors (Lipinski definition) is 1. The molecule has 0 radical (unpaired) electrons. The van der Waals surface area contributed by atoms with Gasteiger partial charge in [-0.3, -0.25) is 0 Å².